The highest BCUT2D eigenvalue weighted by molar-refractivity contribution is 5.89. The molecule has 0 bridgehead atoms. The molecular weight excluding hydrogens is 470 g/mol. The maximum Gasteiger partial charge on any atom is 0.284 e. The van der Waals surface area contributed by atoms with Crippen LogP contribution in [0.2, 0.25) is 0 Å². The third-order valence-electron chi connectivity index (χ3n) is 5.70. The lowest BCUT2D eigenvalue weighted by atomic mass is 9.98. The summed E-state index contributed by atoms with van der Waals surface area (Å²) in [6.45, 7) is 0. The number of aliphatic imine (C=N–C) groups is 1. The van der Waals surface area contributed by atoms with Crippen LogP contribution >= 0.6 is 0 Å². The zero-order valence-electron chi connectivity index (χ0n) is 19.6. The lowest BCUT2D eigenvalue weighted by molar-refractivity contribution is -0.384. The maximum absolute atomic E-state index is 11.6. The molecule has 0 amide bonds. The molecule has 0 spiro atoms. The van der Waals surface area contributed by atoms with Gasteiger partial charge in [0.2, 0.25) is 5.88 Å². The minimum Gasteiger partial charge on any atom is -0.497 e. The first-order chi connectivity index (χ1) is 18.1. The average Bonchev–Trinajstić information content (AvgIpc) is 3.57. The molecule has 2 aromatic heterocycles. The van der Waals surface area contributed by atoms with E-state index in [4.69, 9.17) is 13.6 Å². The fourth-order valence-corrected chi connectivity index (χ4v) is 3.97. The maximum atomic E-state index is 11.6. The molecule has 5 aromatic rings. The van der Waals surface area contributed by atoms with Gasteiger partial charge in [0.15, 0.2) is 0 Å². The monoisotopic (exact) mass is 489 g/mol. The van der Waals surface area contributed by atoms with Gasteiger partial charge in [0.05, 0.1) is 29.9 Å². The van der Waals surface area contributed by atoms with Crippen LogP contribution < -0.4 is 4.74 Å². The lowest BCUT2D eigenvalue weighted by Gasteiger charge is -2.03. The second-order valence-electron chi connectivity index (χ2n) is 7.93. The van der Waals surface area contributed by atoms with Crippen molar-refractivity contribution in [3.05, 3.63) is 112 Å². The molecule has 0 aliphatic heterocycles. The van der Waals surface area contributed by atoms with Crippen LogP contribution in [0.3, 0.4) is 0 Å². The Morgan fingerprint density at radius 1 is 0.946 bits per heavy atom. The van der Waals surface area contributed by atoms with E-state index in [0.29, 0.717) is 39.7 Å². The molecule has 8 heteroatoms. The number of ether oxygens (including phenoxy) is 1. The van der Waals surface area contributed by atoms with Crippen LogP contribution in [-0.2, 0) is 0 Å². The Kier molecular flexibility index (Phi) is 6.34. The molecule has 0 atom stereocenters. The predicted molar refractivity (Wildman–Crippen MR) is 139 cm³/mol. The number of nitro groups is 1. The normalized spacial score (nSPS) is 10.9. The number of rotatable bonds is 7. The lowest BCUT2D eigenvalue weighted by Crippen LogP contribution is -1.93. The summed E-state index contributed by atoms with van der Waals surface area (Å²) in [5.41, 5.74) is 2.74. The van der Waals surface area contributed by atoms with Crippen molar-refractivity contribution in [1.82, 2.24) is 0 Å². The van der Waals surface area contributed by atoms with Gasteiger partial charge in [-0.1, -0.05) is 60.7 Å². The van der Waals surface area contributed by atoms with Crippen LogP contribution in [0.1, 0.15) is 11.3 Å². The number of methoxy groups -OCH3 is 1. The minimum absolute atomic E-state index is 0.133. The number of nitriles is 1. The summed E-state index contributed by atoms with van der Waals surface area (Å²) in [7, 11) is 1.44. The third kappa shape index (κ3) is 4.61. The average molecular weight is 489 g/mol. The summed E-state index contributed by atoms with van der Waals surface area (Å²) in [6, 6.07) is 29.0. The van der Waals surface area contributed by atoms with Crippen molar-refractivity contribution < 1.29 is 18.5 Å². The predicted octanol–water partition coefficient (Wildman–Crippen LogP) is 7.41. The summed E-state index contributed by atoms with van der Waals surface area (Å²) in [5.74, 6) is 1.67. The molecule has 5 rings (SSSR count). The van der Waals surface area contributed by atoms with Crippen molar-refractivity contribution >= 4 is 17.8 Å². The molecule has 0 aliphatic rings. The SMILES string of the molecule is COc1ccc(-c2ccc(C=Nc3oc(-c4ccccc4)c(-c4ccccc4)c3C#N)o2)c([N+](=O)[O-])c1. The largest absolute Gasteiger partial charge is 0.497 e. The Bertz CT molecular complexity index is 1640. The quantitative estimate of drug-likeness (QED) is 0.133. The molecule has 2 heterocycles. The molecule has 0 fully saturated rings. The van der Waals surface area contributed by atoms with E-state index in [2.05, 4.69) is 11.1 Å². The Balaban J connectivity index is 1.55. The number of nitro benzene ring substituents is 1. The van der Waals surface area contributed by atoms with Gasteiger partial charge < -0.3 is 13.6 Å². The topological polar surface area (TPSA) is 115 Å². The number of benzene rings is 3. The molecule has 37 heavy (non-hydrogen) atoms. The van der Waals surface area contributed by atoms with E-state index in [1.54, 1.807) is 24.3 Å². The molecule has 0 saturated heterocycles. The summed E-state index contributed by atoms with van der Waals surface area (Å²) < 4.78 is 17.0. The molecule has 0 unspecified atom stereocenters. The van der Waals surface area contributed by atoms with Crippen LogP contribution in [0.4, 0.5) is 11.6 Å². The van der Waals surface area contributed by atoms with E-state index in [0.717, 1.165) is 11.1 Å². The van der Waals surface area contributed by atoms with E-state index in [1.165, 1.54) is 19.4 Å². The highest BCUT2D eigenvalue weighted by atomic mass is 16.6. The van der Waals surface area contributed by atoms with Crippen LogP contribution in [0.15, 0.2) is 105 Å². The zero-order valence-corrected chi connectivity index (χ0v) is 19.6. The van der Waals surface area contributed by atoms with E-state index < -0.39 is 4.92 Å². The van der Waals surface area contributed by atoms with E-state index in [1.807, 2.05) is 60.7 Å². The highest BCUT2D eigenvalue weighted by Crippen LogP contribution is 2.42. The Morgan fingerprint density at radius 3 is 2.30 bits per heavy atom. The molecule has 0 radical (unpaired) electrons. The van der Waals surface area contributed by atoms with Crippen molar-refractivity contribution in [2.75, 3.05) is 7.11 Å². The van der Waals surface area contributed by atoms with E-state index in [9.17, 15) is 15.4 Å². The van der Waals surface area contributed by atoms with Gasteiger partial charge in [0.1, 0.15) is 34.7 Å². The number of furan rings is 2. The standard InChI is InChI=1S/C29H19N3O5/c1-35-21-12-14-23(25(16-21)32(33)34)26-15-13-22(36-26)18-31-29-24(17-30)27(19-8-4-2-5-9-19)28(37-29)20-10-6-3-7-11-20/h2-16,18H,1H3. The third-order valence-corrected chi connectivity index (χ3v) is 5.70. The Morgan fingerprint density at radius 2 is 1.65 bits per heavy atom. The summed E-state index contributed by atoms with van der Waals surface area (Å²) in [5, 5.41) is 21.6. The van der Waals surface area contributed by atoms with Gasteiger partial charge in [-0.25, -0.2) is 4.99 Å². The smallest absolute Gasteiger partial charge is 0.284 e. The van der Waals surface area contributed by atoms with Gasteiger partial charge in [0, 0.05) is 11.1 Å². The van der Waals surface area contributed by atoms with Crippen LogP contribution in [0, 0.1) is 21.4 Å². The molecular formula is C29H19N3O5. The first-order valence-corrected chi connectivity index (χ1v) is 11.2. The molecule has 0 N–H and O–H groups in total. The fourth-order valence-electron chi connectivity index (χ4n) is 3.97. The van der Waals surface area contributed by atoms with Crippen molar-refractivity contribution in [3.63, 3.8) is 0 Å². The Labute approximate surface area is 211 Å². The van der Waals surface area contributed by atoms with Crippen LogP contribution in [0.25, 0.3) is 33.8 Å². The highest BCUT2D eigenvalue weighted by Gasteiger charge is 2.23. The van der Waals surface area contributed by atoms with Gasteiger partial charge in [-0.3, -0.25) is 10.1 Å². The number of hydrogen-bond donors (Lipinski definition) is 0. The summed E-state index contributed by atoms with van der Waals surface area (Å²) >= 11 is 0. The summed E-state index contributed by atoms with van der Waals surface area (Å²) in [6.07, 6.45) is 1.42. The van der Waals surface area contributed by atoms with Gasteiger partial charge in [-0.15, -0.1) is 0 Å². The van der Waals surface area contributed by atoms with Gasteiger partial charge in [0.25, 0.3) is 5.69 Å². The van der Waals surface area contributed by atoms with Crippen LogP contribution in [0.5, 0.6) is 5.75 Å². The fraction of sp³-hybridized carbons (Fsp3) is 0.0345. The van der Waals surface area contributed by atoms with Gasteiger partial charge in [-0.05, 0) is 29.8 Å². The first kappa shape index (κ1) is 23.3. The molecule has 3 aromatic carbocycles. The Hall–Kier alpha value is -5.42. The first-order valence-electron chi connectivity index (χ1n) is 11.2. The minimum atomic E-state index is -0.494. The molecule has 0 aliphatic carbocycles. The number of nitrogens with zero attached hydrogens (tertiary/aromatic N) is 3. The number of hydrogen-bond acceptors (Lipinski definition) is 7. The van der Waals surface area contributed by atoms with Crippen molar-refractivity contribution in [2.24, 2.45) is 4.99 Å². The van der Waals surface area contributed by atoms with Gasteiger partial charge >= 0.3 is 0 Å². The molecule has 8 nitrogen and oxygen atoms in total. The van der Waals surface area contributed by atoms with Crippen LogP contribution in [-0.4, -0.2) is 18.2 Å². The summed E-state index contributed by atoms with van der Waals surface area (Å²) in [4.78, 5) is 15.5. The van der Waals surface area contributed by atoms with Crippen molar-refractivity contribution in [2.45, 2.75) is 0 Å². The molecule has 180 valence electrons. The van der Waals surface area contributed by atoms with Crippen molar-refractivity contribution in [1.29, 1.82) is 5.26 Å². The van der Waals surface area contributed by atoms with Gasteiger partial charge in [-0.2, -0.15) is 5.26 Å². The molecule has 0 saturated carbocycles. The second kappa shape index (κ2) is 10.1. The van der Waals surface area contributed by atoms with E-state index in [-0.39, 0.29) is 11.6 Å². The zero-order chi connectivity index (χ0) is 25.8. The second-order valence-corrected chi connectivity index (χ2v) is 7.93. The van der Waals surface area contributed by atoms with E-state index >= 15 is 0 Å². The van der Waals surface area contributed by atoms with Crippen molar-refractivity contribution in [3.8, 4) is 45.6 Å².